The van der Waals surface area contributed by atoms with Crippen LogP contribution in [0.5, 0.6) is 0 Å². The zero-order valence-corrected chi connectivity index (χ0v) is 14.2. The molecule has 1 N–H and O–H groups in total. The summed E-state index contributed by atoms with van der Waals surface area (Å²) in [6, 6.07) is 7.07. The molecule has 1 aromatic rings. The van der Waals surface area contributed by atoms with Gasteiger partial charge in [0.05, 0.1) is 6.61 Å². The topological polar surface area (TPSA) is 21.3 Å². The monoisotopic (exact) mass is 339 g/mol. The van der Waals surface area contributed by atoms with E-state index in [1.807, 2.05) is 0 Å². The van der Waals surface area contributed by atoms with Crippen molar-refractivity contribution in [1.29, 1.82) is 0 Å². The fraction of sp³-hybridized carbons (Fsp3) is 0.647. The lowest BCUT2D eigenvalue weighted by Crippen LogP contribution is -2.21. The minimum Gasteiger partial charge on any atom is -0.377 e. The number of hydrogen-bond donors (Lipinski definition) is 1. The smallest absolute Gasteiger partial charge is 0.0727 e. The quantitative estimate of drug-likeness (QED) is 0.695. The van der Waals surface area contributed by atoms with Crippen LogP contribution < -0.4 is 5.32 Å². The van der Waals surface area contributed by atoms with Crippen LogP contribution in [0.1, 0.15) is 50.7 Å². The maximum Gasteiger partial charge on any atom is 0.0727 e. The Hall–Kier alpha value is -0.380. The van der Waals surface area contributed by atoms with E-state index in [-0.39, 0.29) is 0 Å². The third-order valence-corrected chi connectivity index (χ3v) is 4.72. The van der Waals surface area contributed by atoms with Gasteiger partial charge in [-0.1, -0.05) is 61.2 Å². The maximum atomic E-state index is 5.80. The first-order chi connectivity index (χ1) is 9.65. The number of benzene rings is 1. The van der Waals surface area contributed by atoms with Crippen LogP contribution >= 0.6 is 15.9 Å². The molecule has 1 aromatic carbocycles. The third kappa shape index (κ3) is 5.19. The molecule has 3 heteroatoms. The predicted molar refractivity (Wildman–Crippen MR) is 87.7 cm³/mol. The van der Waals surface area contributed by atoms with Crippen molar-refractivity contribution in [2.24, 2.45) is 5.92 Å². The highest BCUT2D eigenvalue weighted by molar-refractivity contribution is 9.10. The van der Waals surface area contributed by atoms with E-state index in [1.165, 1.54) is 36.8 Å². The molecule has 1 aliphatic carbocycles. The molecule has 1 aliphatic rings. The van der Waals surface area contributed by atoms with Crippen LogP contribution in [0, 0.1) is 5.92 Å². The lowest BCUT2D eigenvalue weighted by Gasteiger charge is -2.24. The highest BCUT2D eigenvalue weighted by Crippen LogP contribution is 2.29. The van der Waals surface area contributed by atoms with Crippen molar-refractivity contribution >= 4 is 15.9 Å². The molecule has 1 fully saturated rings. The van der Waals surface area contributed by atoms with Crippen molar-refractivity contribution in [3.05, 3.63) is 33.8 Å². The summed E-state index contributed by atoms with van der Waals surface area (Å²) in [5, 5.41) is 3.43. The molecule has 0 radical (unpaired) electrons. The predicted octanol–water partition coefficient (Wildman–Crippen LogP) is 4.65. The minimum absolute atomic E-state index is 0.517. The Morgan fingerprint density at radius 3 is 2.75 bits per heavy atom. The summed E-state index contributed by atoms with van der Waals surface area (Å²) < 4.78 is 6.96. The Balaban J connectivity index is 1.73. The van der Waals surface area contributed by atoms with Crippen LogP contribution in [-0.4, -0.2) is 12.6 Å². The molecule has 0 unspecified atom stereocenters. The van der Waals surface area contributed by atoms with Crippen LogP contribution in [0.15, 0.2) is 22.7 Å². The highest BCUT2D eigenvalue weighted by Gasteiger charge is 2.16. The molecular weight excluding hydrogens is 314 g/mol. The van der Waals surface area contributed by atoms with Crippen molar-refractivity contribution in [3.63, 3.8) is 0 Å². The Morgan fingerprint density at radius 2 is 2.15 bits per heavy atom. The van der Waals surface area contributed by atoms with Crippen LogP contribution in [-0.2, 0) is 17.9 Å². The Labute approximate surface area is 131 Å². The van der Waals surface area contributed by atoms with E-state index in [4.69, 9.17) is 4.74 Å². The first kappa shape index (κ1) is 16.0. The summed E-state index contributed by atoms with van der Waals surface area (Å²) in [5.41, 5.74) is 2.55. The average molecular weight is 340 g/mol. The molecular formula is C17H26BrNO. The third-order valence-electron chi connectivity index (χ3n) is 3.98. The first-order valence-corrected chi connectivity index (χ1v) is 8.53. The van der Waals surface area contributed by atoms with Gasteiger partial charge in [0.25, 0.3) is 0 Å². The van der Waals surface area contributed by atoms with Gasteiger partial charge < -0.3 is 10.1 Å². The Kier molecular flexibility index (Phi) is 6.53. The van der Waals surface area contributed by atoms with Crippen LogP contribution in [0.2, 0.25) is 0 Å². The molecule has 0 aliphatic heterocycles. The van der Waals surface area contributed by atoms with Gasteiger partial charge in [0.2, 0.25) is 0 Å². The van der Waals surface area contributed by atoms with Crippen molar-refractivity contribution < 1.29 is 4.74 Å². The number of halogens is 1. The van der Waals surface area contributed by atoms with Gasteiger partial charge in [0.15, 0.2) is 0 Å². The lowest BCUT2D eigenvalue weighted by atomic mass is 9.83. The molecule has 1 saturated carbocycles. The van der Waals surface area contributed by atoms with E-state index in [1.54, 1.807) is 0 Å². The molecule has 0 amide bonds. The second-order valence-corrected chi connectivity index (χ2v) is 6.95. The van der Waals surface area contributed by atoms with Gasteiger partial charge in [0.1, 0.15) is 0 Å². The second-order valence-electron chi connectivity index (χ2n) is 6.10. The van der Waals surface area contributed by atoms with E-state index in [0.717, 1.165) is 23.5 Å². The van der Waals surface area contributed by atoms with Gasteiger partial charge >= 0.3 is 0 Å². The largest absolute Gasteiger partial charge is 0.377 e. The van der Waals surface area contributed by atoms with Crippen molar-refractivity contribution in [1.82, 2.24) is 5.32 Å². The Bertz CT molecular complexity index is 415. The van der Waals surface area contributed by atoms with Gasteiger partial charge in [0, 0.05) is 23.7 Å². The molecule has 0 saturated heterocycles. The zero-order chi connectivity index (χ0) is 14.4. The van der Waals surface area contributed by atoms with Gasteiger partial charge in [-0.25, -0.2) is 0 Å². The summed E-state index contributed by atoms with van der Waals surface area (Å²) in [6.07, 6.45) is 5.46. The normalized spacial score (nSPS) is 15.6. The summed E-state index contributed by atoms with van der Waals surface area (Å²) in [7, 11) is 0. The van der Waals surface area contributed by atoms with Crippen molar-refractivity contribution in [3.8, 4) is 0 Å². The second kappa shape index (κ2) is 8.16. The molecule has 0 atom stereocenters. The minimum atomic E-state index is 0.517. The zero-order valence-electron chi connectivity index (χ0n) is 12.6. The van der Waals surface area contributed by atoms with E-state index in [9.17, 15) is 0 Å². The van der Waals surface area contributed by atoms with E-state index < -0.39 is 0 Å². The van der Waals surface area contributed by atoms with Gasteiger partial charge in [-0.15, -0.1) is 0 Å². The fourth-order valence-electron chi connectivity index (χ4n) is 2.35. The number of hydrogen-bond acceptors (Lipinski definition) is 2. The number of rotatable bonds is 8. The molecule has 2 rings (SSSR count). The molecule has 0 heterocycles. The molecule has 0 spiro atoms. The fourth-order valence-corrected chi connectivity index (χ4v) is 2.89. The van der Waals surface area contributed by atoms with Crippen LogP contribution in [0.4, 0.5) is 0 Å². The van der Waals surface area contributed by atoms with Crippen molar-refractivity contribution in [2.45, 2.75) is 58.7 Å². The lowest BCUT2D eigenvalue weighted by molar-refractivity contribution is 0.0946. The molecule has 0 aromatic heterocycles. The standard InChI is InChI=1S/C17H26BrNO/c1-13(2)19-11-15-6-7-16(17(18)10-15)12-20-9-8-14-4-3-5-14/h6-7,10,13-14,19H,3-5,8-9,11-12H2,1-2H3. The summed E-state index contributed by atoms with van der Waals surface area (Å²) >= 11 is 3.65. The van der Waals surface area contributed by atoms with Crippen LogP contribution in [0.3, 0.4) is 0 Å². The van der Waals surface area contributed by atoms with Gasteiger partial charge in [-0.2, -0.15) is 0 Å². The molecule has 112 valence electrons. The van der Waals surface area contributed by atoms with E-state index in [2.05, 4.69) is 53.3 Å². The summed E-state index contributed by atoms with van der Waals surface area (Å²) in [6.45, 7) is 6.86. The molecule has 0 bridgehead atoms. The van der Waals surface area contributed by atoms with Crippen LogP contribution in [0.25, 0.3) is 0 Å². The summed E-state index contributed by atoms with van der Waals surface area (Å²) in [5.74, 6) is 0.933. The SMILES string of the molecule is CC(C)NCc1ccc(COCCC2CCC2)c(Br)c1. The molecule has 2 nitrogen and oxygen atoms in total. The van der Waals surface area contributed by atoms with Gasteiger partial charge in [-0.05, 0) is 29.5 Å². The van der Waals surface area contributed by atoms with E-state index >= 15 is 0 Å². The number of nitrogens with one attached hydrogen (secondary N) is 1. The average Bonchev–Trinajstić information content (AvgIpc) is 2.36. The van der Waals surface area contributed by atoms with E-state index in [0.29, 0.717) is 12.6 Å². The van der Waals surface area contributed by atoms with Crippen molar-refractivity contribution in [2.75, 3.05) is 6.61 Å². The van der Waals surface area contributed by atoms with Gasteiger partial charge in [-0.3, -0.25) is 0 Å². The number of ether oxygens (including phenoxy) is 1. The highest BCUT2D eigenvalue weighted by atomic mass is 79.9. The maximum absolute atomic E-state index is 5.80. The Morgan fingerprint density at radius 1 is 1.35 bits per heavy atom. The summed E-state index contributed by atoms with van der Waals surface area (Å²) in [4.78, 5) is 0. The first-order valence-electron chi connectivity index (χ1n) is 7.73. The molecule has 20 heavy (non-hydrogen) atoms.